The van der Waals surface area contributed by atoms with Crippen molar-refractivity contribution in [3.8, 4) is 0 Å². The first-order valence-corrected chi connectivity index (χ1v) is 11.0. The Morgan fingerprint density at radius 2 is 1.90 bits per heavy atom. The monoisotopic (exact) mass is 406 g/mol. The molecule has 0 unspecified atom stereocenters. The molecule has 0 rings (SSSR count). The molecule has 0 fully saturated rings. The second kappa shape index (κ2) is 8.95. The molecule has 4 heteroatoms. The lowest BCUT2D eigenvalue weighted by molar-refractivity contribution is -0.104. The van der Waals surface area contributed by atoms with E-state index in [-0.39, 0.29) is 11.1 Å². The molecular formula is C16H27IO2Si. The Labute approximate surface area is 138 Å². The second-order valence-corrected chi connectivity index (χ2v) is 11.9. The molecule has 0 bridgehead atoms. The predicted octanol–water partition coefficient (Wildman–Crippen LogP) is 5.42. The Hall–Kier alpha value is -0.203. The maximum atomic E-state index is 10.6. The van der Waals surface area contributed by atoms with E-state index < -0.39 is 8.32 Å². The van der Waals surface area contributed by atoms with Crippen LogP contribution in [0.4, 0.5) is 0 Å². The molecule has 114 valence electrons. The van der Waals surface area contributed by atoms with Gasteiger partial charge in [0.15, 0.2) is 8.32 Å². The van der Waals surface area contributed by atoms with E-state index in [0.717, 1.165) is 18.3 Å². The molecule has 0 heterocycles. The maximum Gasteiger partial charge on any atom is 0.192 e. The fourth-order valence-corrected chi connectivity index (χ4v) is 2.95. The zero-order chi connectivity index (χ0) is 15.8. The molecule has 0 aliphatic carbocycles. The van der Waals surface area contributed by atoms with Gasteiger partial charge in [-0.2, -0.15) is 0 Å². The number of halogens is 1. The van der Waals surface area contributed by atoms with E-state index in [2.05, 4.69) is 62.5 Å². The van der Waals surface area contributed by atoms with Crippen LogP contribution in [0, 0.1) is 0 Å². The highest BCUT2D eigenvalue weighted by Crippen LogP contribution is 2.38. The van der Waals surface area contributed by atoms with Crippen LogP contribution in [0.1, 0.15) is 34.1 Å². The van der Waals surface area contributed by atoms with Crippen LogP contribution in [-0.4, -0.2) is 20.7 Å². The Morgan fingerprint density at radius 3 is 2.35 bits per heavy atom. The van der Waals surface area contributed by atoms with Crippen LogP contribution in [0.15, 0.2) is 34.0 Å². The standard InChI is InChI=1S/C16H27IO2Si/c1-14(10-12-18)13-15(9-7-8-11-17)19-20(5,6)16(2,3)4/h7-12,15H,13H2,1-6H3/b9-7+,11-8+,14-10+/t15-/m0/s1. The van der Waals surface area contributed by atoms with E-state index >= 15 is 0 Å². The summed E-state index contributed by atoms with van der Waals surface area (Å²) >= 11 is 2.19. The second-order valence-electron chi connectivity index (χ2n) is 6.47. The zero-order valence-electron chi connectivity index (χ0n) is 13.4. The molecule has 0 radical (unpaired) electrons. The smallest absolute Gasteiger partial charge is 0.192 e. The lowest BCUT2D eigenvalue weighted by Crippen LogP contribution is -2.43. The van der Waals surface area contributed by atoms with Crippen LogP contribution in [0.2, 0.25) is 18.1 Å². The molecule has 0 aromatic rings. The summed E-state index contributed by atoms with van der Waals surface area (Å²) in [5.41, 5.74) is 1.05. The minimum atomic E-state index is -1.81. The lowest BCUT2D eigenvalue weighted by Gasteiger charge is -2.38. The summed E-state index contributed by atoms with van der Waals surface area (Å²) in [5, 5.41) is 0.181. The molecule has 0 spiro atoms. The number of aldehydes is 1. The van der Waals surface area contributed by atoms with Crippen LogP contribution in [0.3, 0.4) is 0 Å². The largest absolute Gasteiger partial charge is 0.410 e. The first-order valence-electron chi connectivity index (χ1n) is 6.86. The number of hydrogen-bond acceptors (Lipinski definition) is 2. The van der Waals surface area contributed by atoms with Crippen molar-refractivity contribution in [2.24, 2.45) is 0 Å². The third-order valence-corrected chi connectivity index (χ3v) is 8.56. The van der Waals surface area contributed by atoms with Crippen LogP contribution >= 0.6 is 22.6 Å². The normalized spacial score (nSPS) is 16.1. The van der Waals surface area contributed by atoms with Crippen molar-refractivity contribution in [2.75, 3.05) is 0 Å². The Morgan fingerprint density at radius 1 is 1.30 bits per heavy atom. The molecule has 0 saturated carbocycles. The molecule has 0 amide bonds. The average Bonchev–Trinajstić information content (AvgIpc) is 2.27. The number of carbonyl (C=O) groups is 1. The number of rotatable bonds is 7. The molecule has 0 N–H and O–H groups in total. The summed E-state index contributed by atoms with van der Waals surface area (Å²) in [4.78, 5) is 10.6. The van der Waals surface area contributed by atoms with E-state index in [0.29, 0.717) is 0 Å². The van der Waals surface area contributed by atoms with Gasteiger partial charge in [-0.1, -0.05) is 67.2 Å². The van der Waals surface area contributed by atoms with Gasteiger partial charge in [-0.25, -0.2) is 0 Å². The van der Waals surface area contributed by atoms with Crippen molar-refractivity contribution in [1.82, 2.24) is 0 Å². The highest BCUT2D eigenvalue weighted by molar-refractivity contribution is 14.1. The Kier molecular flexibility index (Phi) is 8.86. The molecule has 0 aliphatic rings. The molecule has 20 heavy (non-hydrogen) atoms. The molecule has 0 aromatic heterocycles. The minimum absolute atomic E-state index is 0.0275. The number of allylic oxidation sites excluding steroid dienone is 3. The van der Waals surface area contributed by atoms with Gasteiger partial charge in [-0.15, -0.1) is 0 Å². The van der Waals surface area contributed by atoms with E-state index in [1.807, 2.05) is 23.2 Å². The van der Waals surface area contributed by atoms with Crippen LogP contribution in [0.25, 0.3) is 0 Å². The summed E-state index contributed by atoms with van der Waals surface area (Å²) in [6.45, 7) is 13.2. The van der Waals surface area contributed by atoms with Crippen molar-refractivity contribution < 1.29 is 9.22 Å². The van der Waals surface area contributed by atoms with Crippen molar-refractivity contribution in [1.29, 1.82) is 0 Å². The van der Waals surface area contributed by atoms with Gasteiger partial charge >= 0.3 is 0 Å². The van der Waals surface area contributed by atoms with Gasteiger partial charge in [-0.05, 0) is 41.6 Å². The highest BCUT2D eigenvalue weighted by Gasteiger charge is 2.38. The van der Waals surface area contributed by atoms with Crippen LogP contribution < -0.4 is 0 Å². The van der Waals surface area contributed by atoms with Gasteiger partial charge in [0.25, 0.3) is 0 Å². The Bertz CT molecular complexity index is 390. The fourth-order valence-electron chi connectivity index (χ4n) is 1.44. The third-order valence-electron chi connectivity index (χ3n) is 3.64. The van der Waals surface area contributed by atoms with Crippen molar-refractivity contribution >= 4 is 37.2 Å². The lowest BCUT2D eigenvalue weighted by atomic mass is 10.1. The minimum Gasteiger partial charge on any atom is -0.410 e. The van der Waals surface area contributed by atoms with Crippen molar-refractivity contribution in [3.63, 3.8) is 0 Å². The third kappa shape index (κ3) is 7.55. The molecule has 2 nitrogen and oxygen atoms in total. The zero-order valence-corrected chi connectivity index (χ0v) is 16.6. The number of carbonyl (C=O) groups excluding carboxylic acids is 1. The quantitative estimate of drug-likeness (QED) is 0.186. The summed E-state index contributed by atoms with van der Waals surface area (Å²) in [6, 6.07) is 0. The maximum absolute atomic E-state index is 10.6. The van der Waals surface area contributed by atoms with E-state index in [1.54, 1.807) is 6.08 Å². The molecule has 0 aliphatic heterocycles. The molecular weight excluding hydrogens is 379 g/mol. The van der Waals surface area contributed by atoms with E-state index in [1.165, 1.54) is 0 Å². The Balaban J connectivity index is 5.03. The van der Waals surface area contributed by atoms with Gasteiger partial charge in [0.2, 0.25) is 0 Å². The van der Waals surface area contributed by atoms with Gasteiger partial charge < -0.3 is 4.43 Å². The summed E-state index contributed by atoms with van der Waals surface area (Å²) < 4.78 is 8.39. The predicted molar refractivity (Wildman–Crippen MR) is 98.8 cm³/mol. The SMILES string of the molecule is C/C(=C\C=O)C[C@H](/C=C/C=C/I)O[Si](C)(C)C(C)(C)C. The van der Waals surface area contributed by atoms with Gasteiger partial charge in [-0.3, -0.25) is 4.79 Å². The number of hydrogen-bond donors (Lipinski definition) is 0. The van der Waals surface area contributed by atoms with Crippen LogP contribution in [-0.2, 0) is 9.22 Å². The summed E-state index contributed by atoms with van der Waals surface area (Å²) in [5.74, 6) is 0. The summed E-state index contributed by atoms with van der Waals surface area (Å²) in [6.07, 6.45) is 9.32. The molecule has 1 atom stereocenters. The van der Waals surface area contributed by atoms with E-state index in [4.69, 9.17) is 4.43 Å². The highest BCUT2D eigenvalue weighted by atomic mass is 127. The van der Waals surface area contributed by atoms with Gasteiger partial charge in [0.05, 0.1) is 6.10 Å². The first-order chi connectivity index (χ1) is 9.14. The first kappa shape index (κ1) is 19.8. The van der Waals surface area contributed by atoms with Crippen molar-refractivity contribution in [3.05, 3.63) is 34.0 Å². The fraction of sp³-hybridized carbons (Fsp3) is 0.562. The topological polar surface area (TPSA) is 26.3 Å². The van der Waals surface area contributed by atoms with Gasteiger partial charge in [0, 0.05) is 0 Å². The van der Waals surface area contributed by atoms with E-state index in [9.17, 15) is 4.79 Å². The average molecular weight is 406 g/mol. The van der Waals surface area contributed by atoms with Gasteiger partial charge in [0.1, 0.15) is 6.29 Å². The molecule has 0 saturated heterocycles. The van der Waals surface area contributed by atoms with Crippen LogP contribution in [0.5, 0.6) is 0 Å². The summed E-state index contributed by atoms with van der Waals surface area (Å²) in [7, 11) is -1.81. The van der Waals surface area contributed by atoms with Crippen molar-refractivity contribution in [2.45, 2.75) is 58.4 Å². The molecule has 0 aromatic carbocycles.